The molecule has 2 aromatic heterocycles. The first kappa shape index (κ1) is 19.9. The molecule has 0 fully saturated rings. The van der Waals surface area contributed by atoms with Crippen molar-refractivity contribution in [2.45, 2.75) is 6.54 Å². The average Bonchev–Trinajstić information content (AvgIpc) is 3.29. The lowest BCUT2D eigenvalue weighted by molar-refractivity contribution is 0.0943. The molecule has 0 saturated heterocycles. The van der Waals surface area contributed by atoms with Gasteiger partial charge >= 0.3 is 0 Å². The molecule has 0 saturated carbocycles. The predicted molar refractivity (Wildman–Crippen MR) is 105 cm³/mol. The molecule has 1 aromatic carbocycles. The van der Waals surface area contributed by atoms with Gasteiger partial charge < -0.3 is 24.5 Å². The number of hydrogen-bond acceptors (Lipinski definition) is 6. The second kappa shape index (κ2) is 9.93. The van der Waals surface area contributed by atoms with E-state index in [1.807, 2.05) is 0 Å². The molecule has 0 bridgehead atoms. The van der Waals surface area contributed by atoms with Crippen molar-refractivity contribution in [2.24, 2.45) is 0 Å². The molecule has 0 unspecified atom stereocenters. The van der Waals surface area contributed by atoms with Crippen LogP contribution >= 0.6 is 0 Å². The highest BCUT2D eigenvalue weighted by atomic mass is 16.5. The summed E-state index contributed by atoms with van der Waals surface area (Å²) in [5.74, 6) is 1.35. The molecule has 0 aliphatic carbocycles. The van der Waals surface area contributed by atoms with Crippen molar-refractivity contribution in [1.82, 2.24) is 15.6 Å². The van der Waals surface area contributed by atoms with Crippen LogP contribution in [-0.2, 0) is 6.54 Å². The molecule has 2 N–H and O–H groups in total. The Morgan fingerprint density at radius 2 is 1.83 bits per heavy atom. The number of benzene rings is 1. The Bertz CT molecular complexity index is 939. The van der Waals surface area contributed by atoms with Crippen LogP contribution in [0.3, 0.4) is 0 Å². The Labute approximate surface area is 167 Å². The minimum absolute atomic E-state index is 0.152. The van der Waals surface area contributed by atoms with Crippen LogP contribution in [0.5, 0.6) is 11.5 Å². The Morgan fingerprint density at radius 3 is 2.55 bits per heavy atom. The third-order valence-electron chi connectivity index (χ3n) is 3.97. The van der Waals surface area contributed by atoms with Crippen LogP contribution in [0, 0.1) is 0 Å². The summed E-state index contributed by atoms with van der Waals surface area (Å²) in [5.41, 5.74) is 0.492. The quantitative estimate of drug-likeness (QED) is 0.540. The lowest BCUT2D eigenvalue weighted by Gasteiger charge is -2.09. The van der Waals surface area contributed by atoms with Gasteiger partial charge in [-0.15, -0.1) is 0 Å². The molecule has 3 rings (SSSR count). The molecule has 0 aliphatic rings. The number of methoxy groups -OCH3 is 1. The third-order valence-corrected chi connectivity index (χ3v) is 3.97. The average molecular weight is 395 g/mol. The Balaban J connectivity index is 1.46. The first-order valence-electron chi connectivity index (χ1n) is 8.97. The van der Waals surface area contributed by atoms with Crippen LogP contribution in [0.15, 0.2) is 65.4 Å². The summed E-state index contributed by atoms with van der Waals surface area (Å²) in [7, 11) is 1.60. The van der Waals surface area contributed by atoms with Crippen molar-refractivity contribution in [1.29, 1.82) is 0 Å². The van der Waals surface area contributed by atoms with Gasteiger partial charge in [0, 0.05) is 11.8 Å². The van der Waals surface area contributed by atoms with E-state index in [1.54, 1.807) is 49.6 Å². The van der Waals surface area contributed by atoms with Gasteiger partial charge in [-0.05, 0) is 48.5 Å². The number of nitrogens with zero attached hydrogens (tertiary/aromatic N) is 1. The van der Waals surface area contributed by atoms with Crippen molar-refractivity contribution in [3.8, 4) is 11.5 Å². The molecule has 3 aromatic rings. The Kier molecular flexibility index (Phi) is 6.83. The Hall–Kier alpha value is -3.81. The highest BCUT2D eigenvalue weighted by Gasteiger charge is 2.12. The van der Waals surface area contributed by atoms with Gasteiger partial charge in [-0.1, -0.05) is 0 Å². The highest BCUT2D eigenvalue weighted by molar-refractivity contribution is 5.98. The van der Waals surface area contributed by atoms with Crippen LogP contribution in [-0.4, -0.2) is 37.1 Å². The van der Waals surface area contributed by atoms with Crippen molar-refractivity contribution >= 4 is 11.8 Å². The molecule has 2 amide bonds. The molecule has 29 heavy (non-hydrogen) atoms. The first-order valence-corrected chi connectivity index (χ1v) is 8.97. The SMILES string of the molecule is COc1ccc(OCCNC(=O)c2ccnc(C(=O)NCc3ccco3)c2)cc1. The van der Waals surface area contributed by atoms with Crippen molar-refractivity contribution < 1.29 is 23.5 Å². The molecule has 2 heterocycles. The number of hydrogen-bond donors (Lipinski definition) is 2. The van der Waals surface area contributed by atoms with E-state index in [2.05, 4.69) is 15.6 Å². The van der Waals surface area contributed by atoms with Crippen molar-refractivity contribution in [3.05, 3.63) is 78.0 Å². The standard InChI is InChI=1S/C21H21N3O5/c1-27-16-4-6-17(7-5-16)29-12-10-23-20(25)15-8-9-22-19(13-15)21(26)24-14-18-3-2-11-28-18/h2-9,11,13H,10,12,14H2,1H3,(H,23,25)(H,24,26). The van der Waals surface area contributed by atoms with Crippen LogP contribution in [0.4, 0.5) is 0 Å². The maximum atomic E-state index is 12.3. The molecule has 0 spiro atoms. The molecule has 8 nitrogen and oxygen atoms in total. The summed E-state index contributed by atoms with van der Waals surface area (Å²) in [6.45, 7) is 0.861. The van der Waals surface area contributed by atoms with Gasteiger partial charge in [-0.25, -0.2) is 0 Å². The predicted octanol–water partition coefficient (Wildman–Crippen LogP) is 2.42. The van der Waals surface area contributed by atoms with E-state index >= 15 is 0 Å². The smallest absolute Gasteiger partial charge is 0.270 e. The van der Waals surface area contributed by atoms with Gasteiger partial charge in [0.05, 0.1) is 26.5 Å². The maximum absolute atomic E-state index is 12.3. The van der Waals surface area contributed by atoms with Crippen LogP contribution in [0.25, 0.3) is 0 Å². The van der Waals surface area contributed by atoms with Gasteiger partial charge in [0.25, 0.3) is 11.8 Å². The van der Waals surface area contributed by atoms with E-state index in [0.29, 0.717) is 30.2 Å². The minimum atomic E-state index is -0.390. The summed E-state index contributed by atoms with van der Waals surface area (Å²) in [6, 6.07) is 13.6. The summed E-state index contributed by atoms with van der Waals surface area (Å²) in [5, 5.41) is 5.44. The Morgan fingerprint density at radius 1 is 1.03 bits per heavy atom. The summed E-state index contributed by atoms with van der Waals surface area (Å²) >= 11 is 0. The van der Waals surface area contributed by atoms with Gasteiger partial charge in [0.15, 0.2) is 0 Å². The molecular weight excluding hydrogens is 374 g/mol. The largest absolute Gasteiger partial charge is 0.497 e. The van der Waals surface area contributed by atoms with Crippen molar-refractivity contribution in [3.63, 3.8) is 0 Å². The number of aromatic nitrogens is 1. The summed E-state index contributed by atoms with van der Waals surface area (Å²) in [4.78, 5) is 28.5. The van der Waals surface area contributed by atoms with E-state index in [0.717, 1.165) is 5.75 Å². The summed E-state index contributed by atoms with van der Waals surface area (Å²) < 4.78 is 15.8. The van der Waals surface area contributed by atoms with Gasteiger partial charge in [0.2, 0.25) is 0 Å². The van der Waals surface area contributed by atoms with Gasteiger partial charge in [0.1, 0.15) is 29.6 Å². The maximum Gasteiger partial charge on any atom is 0.270 e. The van der Waals surface area contributed by atoms with Crippen LogP contribution < -0.4 is 20.1 Å². The first-order chi connectivity index (χ1) is 14.2. The zero-order valence-electron chi connectivity index (χ0n) is 15.9. The number of furan rings is 1. The fourth-order valence-corrected chi connectivity index (χ4v) is 2.47. The van der Waals surface area contributed by atoms with Gasteiger partial charge in [-0.3, -0.25) is 14.6 Å². The lowest BCUT2D eigenvalue weighted by atomic mass is 10.2. The number of nitrogens with one attached hydrogen (secondary N) is 2. The second-order valence-corrected chi connectivity index (χ2v) is 5.97. The minimum Gasteiger partial charge on any atom is -0.497 e. The van der Waals surface area contributed by atoms with Gasteiger partial charge in [-0.2, -0.15) is 0 Å². The number of pyridine rings is 1. The van der Waals surface area contributed by atoms with E-state index in [4.69, 9.17) is 13.9 Å². The molecule has 0 radical (unpaired) electrons. The van der Waals surface area contributed by atoms with Crippen molar-refractivity contribution in [2.75, 3.05) is 20.3 Å². The second-order valence-electron chi connectivity index (χ2n) is 5.97. The number of carbonyl (C=O) groups is 2. The fourth-order valence-electron chi connectivity index (χ4n) is 2.47. The monoisotopic (exact) mass is 395 g/mol. The molecule has 8 heteroatoms. The number of carbonyl (C=O) groups excluding carboxylic acids is 2. The molecule has 0 aliphatic heterocycles. The zero-order valence-corrected chi connectivity index (χ0v) is 15.9. The van der Waals surface area contributed by atoms with E-state index in [9.17, 15) is 9.59 Å². The molecule has 0 atom stereocenters. The third kappa shape index (κ3) is 5.83. The molecule has 150 valence electrons. The lowest BCUT2D eigenvalue weighted by Crippen LogP contribution is -2.29. The van der Waals surface area contributed by atoms with E-state index < -0.39 is 0 Å². The normalized spacial score (nSPS) is 10.2. The van der Waals surface area contributed by atoms with Crippen LogP contribution in [0.1, 0.15) is 26.6 Å². The molecular formula is C21H21N3O5. The number of amides is 2. The fraction of sp³-hybridized carbons (Fsp3) is 0.190. The topological polar surface area (TPSA) is 103 Å². The van der Waals surface area contributed by atoms with Crippen LogP contribution in [0.2, 0.25) is 0 Å². The number of rotatable bonds is 9. The van der Waals surface area contributed by atoms with E-state index in [1.165, 1.54) is 18.5 Å². The number of ether oxygens (including phenoxy) is 2. The van der Waals surface area contributed by atoms with E-state index in [-0.39, 0.29) is 24.1 Å². The summed E-state index contributed by atoms with van der Waals surface area (Å²) in [6.07, 6.45) is 2.95. The zero-order chi connectivity index (χ0) is 20.5. The highest BCUT2D eigenvalue weighted by Crippen LogP contribution is 2.16.